The van der Waals surface area contributed by atoms with E-state index in [4.69, 9.17) is 59.1 Å². The number of thiocarbonyl (C=S) groups is 1. The topological polar surface area (TPSA) is 71.9 Å². The van der Waals surface area contributed by atoms with Crippen molar-refractivity contribution in [3.63, 3.8) is 0 Å². The zero-order valence-electron chi connectivity index (χ0n) is 26.3. The molecule has 0 bridgehead atoms. The van der Waals surface area contributed by atoms with Gasteiger partial charge in [0.15, 0.2) is 38.6 Å². The summed E-state index contributed by atoms with van der Waals surface area (Å²) >= 11 is 16.1. The highest BCUT2D eigenvalue weighted by molar-refractivity contribution is 7.80. The number of halogens is 4. The maximum atomic E-state index is 13.6. The van der Waals surface area contributed by atoms with Crippen molar-refractivity contribution in [1.29, 1.82) is 0 Å². The maximum absolute atomic E-state index is 13.6. The molecule has 2 saturated heterocycles. The third kappa shape index (κ3) is 13.1. The molecule has 4 heterocycles. The van der Waals surface area contributed by atoms with Crippen LogP contribution in [-0.2, 0) is 30.1 Å². The molecule has 5 rings (SSSR count). The zero-order valence-corrected chi connectivity index (χ0v) is 28.6. The molecule has 7 nitrogen and oxygen atoms in total. The van der Waals surface area contributed by atoms with E-state index in [0.29, 0.717) is 36.7 Å². The van der Waals surface area contributed by atoms with Crippen LogP contribution < -0.4 is 0 Å². The van der Waals surface area contributed by atoms with Gasteiger partial charge in [-0.05, 0) is 77.4 Å². The monoisotopic (exact) mass is 684 g/mol. The van der Waals surface area contributed by atoms with Gasteiger partial charge >= 0.3 is 0 Å². The van der Waals surface area contributed by atoms with Gasteiger partial charge in [0, 0.05) is 31.3 Å². The Balaban J connectivity index is 0.000000205. The molecular formula is C33H40Cl2F2N2O5S. The van der Waals surface area contributed by atoms with Gasteiger partial charge in [0.25, 0.3) is 0 Å². The van der Waals surface area contributed by atoms with E-state index in [1.54, 1.807) is 13.1 Å². The lowest BCUT2D eigenvalue weighted by Gasteiger charge is -2.22. The Bertz CT molecular complexity index is 1400. The molecule has 2 fully saturated rings. The van der Waals surface area contributed by atoms with Crippen LogP contribution in [0.1, 0.15) is 70.3 Å². The molecular weight excluding hydrogens is 645 g/mol. The molecule has 0 radical (unpaired) electrons. The molecule has 45 heavy (non-hydrogen) atoms. The molecule has 3 aromatic rings. The summed E-state index contributed by atoms with van der Waals surface area (Å²) in [6.07, 6.45) is 4.49. The lowest BCUT2D eigenvalue weighted by molar-refractivity contribution is -0.141. The molecule has 2 aliphatic rings. The van der Waals surface area contributed by atoms with Gasteiger partial charge < -0.3 is 23.7 Å². The number of ether oxygens (including phenoxy) is 5. The Morgan fingerprint density at radius 1 is 0.933 bits per heavy atom. The SMILES string of the molecule is CC(=S)OC(C[C@H]1COC(C)(C)O1)c1cnc(Cl)c(F)c1.CC1(C)OC[C@H](CCc2cnc(Cl)c(F)c2)O1.Cc1ccccc1. The molecule has 2 aromatic heterocycles. The minimum atomic E-state index is -0.620. The van der Waals surface area contributed by atoms with Gasteiger partial charge in [-0.3, -0.25) is 0 Å². The zero-order chi connectivity index (χ0) is 33.2. The number of benzene rings is 1. The normalized spacial score (nSPS) is 20.3. The Morgan fingerprint density at radius 2 is 1.49 bits per heavy atom. The lowest BCUT2D eigenvalue weighted by atomic mass is 10.1. The van der Waals surface area contributed by atoms with Crippen LogP contribution >= 0.6 is 35.4 Å². The van der Waals surface area contributed by atoms with Gasteiger partial charge in [0.1, 0.15) is 6.10 Å². The van der Waals surface area contributed by atoms with Crippen molar-refractivity contribution < 1.29 is 32.5 Å². The van der Waals surface area contributed by atoms with Crippen LogP contribution in [0.15, 0.2) is 54.9 Å². The first-order chi connectivity index (χ1) is 21.1. The van der Waals surface area contributed by atoms with Crippen LogP contribution in [0.3, 0.4) is 0 Å². The van der Waals surface area contributed by atoms with Crippen LogP contribution in [0.4, 0.5) is 8.78 Å². The number of pyridine rings is 2. The summed E-state index contributed by atoms with van der Waals surface area (Å²) in [6, 6.07) is 13.0. The fourth-order valence-electron chi connectivity index (χ4n) is 4.55. The summed E-state index contributed by atoms with van der Waals surface area (Å²) in [5.41, 5.74) is 2.71. The number of hydrogen-bond donors (Lipinski definition) is 0. The first kappa shape index (κ1) is 37.2. The van der Waals surface area contributed by atoms with Gasteiger partial charge in [-0.1, -0.05) is 59.1 Å². The first-order valence-corrected chi connectivity index (χ1v) is 15.7. The number of nitrogens with zero attached hydrogens (tertiary/aromatic N) is 2. The second-order valence-corrected chi connectivity index (χ2v) is 12.9. The summed E-state index contributed by atoms with van der Waals surface area (Å²) in [5, 5.41) is 0.113. The number of aryl methyl sites for hydroxylation is 2. The van der Waals surface area contributed by atoms with Crippen LogP contribution in [0.2, 0.25) is 10.3 Å². The van der Waals surface area contributed by atoms with Gasteiger partial charge in [-0.2, -0.15) is 0 Å². The lowest BCUT2D eigenvalue weighted by Crippen LogP contribution is -2.23. The van der Waals surface area contributed by atoms with Crippen molar-refractivity contribution in [2.45, 2.75) is 90.7 Å². The molecule has 1 aromatic carbocycles. The average molecular weight is 686 g/mol. The molecule has 246 valence electrons. The van der Waals surface area contributed by atoms with E-state index in [1.807, 2.05) is 45.9 Å². The van der Waals surface area contributed by atoms with Crippen LogP contribution in [0.5, 0.6) is 0 Å². The van der Waals surface area contributed by atoms with Crippen molar-refractivity contribution in [3.05, 3.63) is 93.5 Å². The van der Waals surface area contributed by atoms with Gasteiger partial charge in [0.05, 0.1) is 25.4 Å². The highest BCUT2D eigenvalue weighted by atomic mass is 35.5. The summed E-state index contributed by atoms with van der Waals surface area (Å²) in [6.45, 7) is 12.2. The quantitative estimate of drug-likeness (QED) is 0.181. The fourth-order valence-corrected chi connectivity index (χ4v) is 4.87. The van der Waals surface area contributed by atoms with Gasteiger partial charge in [0.2, 0.25) is 0 Å². The second kappa shape index (κ2) is 17.0. The Hall–Kier alpha value is -2.31. The minimum absolute atomic E-state index is 0.0590. The van der Waals surface area contributed by atoms with Crippen molar-refractivity contribution in [2.24, 2.45) is 0 Å². The van der Waals surface area contributed by atoms with E-state index in [-0.39, 0.29) is 22.5 Å². The number of rotatable bonds is 7. The van der Waals surface area contributed by atoms with E-state index in [0.717, 1.165) is 12.0 Å². The Kier molecular flexibility index (Phi) is 14.0. The molecule has 2 aliphatic heterocycles. The number of aromatic nitrogens is 2. The molecule has 12 heteroatoms. The van der Waals surface area contributed by atoms with E-state index in [1.165, 1.54) is 23.9 Å². The van der Waals surface area contributed by atoms with Crippen LogP contribution in [-0.4, -0.2) is 52.0 Å². The Labute approximate surface area is 279 Å². The van der Waals surface area contributed by atoms with E-state index >= 15 is 0 Å². The van der Waals surface area contributed by atoms with Crippen molar-refractivity contribution in [3.8, 4) is 0 Å². The standard InChI is InChI=1S/C14H17ClFNO3S.C12H15ClFNO2.C7H8/c1-8(21)19-12(5-10-7-18-14(2,3)20-10)9-4-11(16)13(15)17-6-9;1-12(2)16-7-9(17-12)4-3-8-5-10(14)11(13)15-6-8;1-7-5-3-2-4-6-7/h4,6,10,12H,5,7H2,1-3H3;5-6,9H,3-4,7H2,1-2H3;2-6H,1H3/t10-,12?;9-;/m00./s1. The van der Waals surface area contributed by atoms with E-state index in [2.05, 4.69) is 29.0 Å². The smallest absolute Gasteiger partial charge is 0.164 e. The molecule has 0 N–H and O–H groups in total. The largest absolute Gasteiger partial charge is 0.479 e. The summed E-state index contributed by atoms with van der Waals surface area (Å²) in [5.74, 6) is -2.19. The predicted octanol–water partition coefficient (Wildman–Crippen LogP) is 8.77. The summed E-state index contributed by atoms with van der Waals surface area (Å²) in [7, 11) is 0. The molecule has 0 aliphatic carbocycles. The molecule has 0 spiro atoms. The summed E-state index contributed by atoms with van der Waals surface area (Å²) in [4.78, 5) is 7.58. The highest BCUT2D eigenvalue weighted by Crippen LogP contribution is 2.32. The maximum Gasteiger partial charge on any atom is 0.164 e. The Morgan fingerprint density at radius 3 is 1.96 bits per heavy atom. The molecule has 1 unspecified atom stereocenters. The minimum Gasteiger partial charge on any atom is -0.479 e. The average Bonchev–Trinajstić information content (AvgIpc) is 3.50. The molecule has 0 saturated carbocycles. The first-order valence-electron chi connectivity index (χ1n) is 14.6. The van der Waals surface area contributed by atoms with E-state index in [9.17, 15) is 8.78 Å². The molecule has 0 amide bonds. The van der Waals surface area contributed by atoms with Gasteiger partial charge in [-0.25, -0.2) is 18.7 Å². The second-order valence-electron chi connectivity index (χ2n) is 11.6. The molecule has 3 atom stereocenters. The predicted molar refractivity (Wildman–Crippen MR) is 174 cm³/mol. The van der Waals surface area contributed by atoms with E-state index < -0.39 is 29.3 Å². The van der Waals surface area contributed by atoms with Crippen LogP contribution in [0.25, 0.3) is 0 Å². The number of hydrogen-bond acceptors (Lipinski definition) is 8. The van der Waals surface area contributed by atoms with Crippen molar-refractivity contribution in [2.75, 3.05) is 13.2 Å². The summed E-state index contributed by atoms with van der Waals surface area (Å²) < 4.78 is 54.7. The fraction of sp³-hybridized carbons (Fsp3) is 0.485. The van der Waals surface area contributed by atoms with Gasteiger partial charge in [-0.15, -0.1) is 0 Å². The third-order valence-corrected chi connectivity index (χ3v) is 7.31. The van der Waals surface area contributed by atoms with Crippen LogP contribution in [0, 0.1) is 18.6 Å². The highest BCUT2D eigenvalue weighted by Gasteiger charge is 2.35. The van der Waals surface area contributed by atoms with Crippen molar-refractivity contribution >= 4 is 40.5 Å². The van der Waals surface area contributed by atoms with Crippen molar-refractivity contribution in [1.82, 2.24) is 9.97 Å². The third-order valence-electron chi connectivity index (χ3n) is 6.66.